The standard InChI is InChI=1S/C12H10ClN3O2/c13-10-6-7-14-12(15-10)16-11(17)8-18-9-4-2-1-3-5-9/h1-7H,8H2,(H,14,15,16,17). The summed E-state index contributed by atoms with van der Waals surface area (Å²) in [5.41, 5.74) is 0. The average molecular weight is 264 g/mol. The molecule has 1 aromatic carbocycles. The highest BCUT2D eigenvalue weighted by Crippen LogP contribution is 2.08. The molecule has 0 unspecified atom stereocenters. The molecule has 1 amide bonds. The van der Waals surface area contributed by atoms with E-state index in [1.165, 1.54) is 12.3 Å². The number of para-hydroxylation sites is 1. The fourth-order valence-electron chi connectivity index (χ4n) is 1.22. The van der Waals surface area contributed by atoms with Crippen molar-refractivity contribution < 1.29 is 9.53 Å². The third-order valence-corrected chi connectivity index (χ3v) is 2.20. The monoisotopic (exact) mass is 263 g/mol. The molecule has 92 valence electrons. The Morgan fingerprint density at radius 1 is 1.28 bits per heavy atom. The second-order valence-corrected chi connectivity index (χ2v) is 3.74. The number of ether oxygens (including phenoxy) is 1. The number of halogens is 1. The molecule has 0 bridgehead atoms. The molecule has 0 spiro atoms. The van der Waals surface area contributed by atoms with Crippen LogP contribution in [0.15, 0.2) is 42.6 Å². The van der Waals surface area contributed by atoms with Crippen molar-refractivity contribution in [2.24, 2.45) is 0 Å². The zero-order chi connectivity index (χ0) is 12.8. The zero-order valence-corrected chi connectivity index (χ0v) is 10.1. The minimum atomic E-state index is -0.346. The Morgan fingerprint density at radius 3 is 2.78 bits per heavy atom. The lowest BCUT2D eigenvalue weighted by molar-refractivity contribution is -0.118. The quantitative estimate of drug-likeness (QED) is 0.859. The van der Waals surface area contributed by atoms with Crippen LogP contribution in [-0.4, -0.2) is 22.5 Å². The highest BCUT2D eigenvalue weighted by atomic mass is 35.5. The molecule has 0 saturated heterocycles. The Kier molecular flexibility index (Phi) is 4.09. The third-order valence-electron chi connectivity index (χ3n) is 1.99. The molecule has 1 aromatic heterocycles. The number of rotatable bonds is 4. The fraction of sp³-hybridized carbons (Fsp3) is 0.0833. The van der Waals surface area contributed by atoms with Gasteiger partial charge in [0, 0.05) is 6.20 Å². The lowest BCUT2D eigenvalue weighted by Crippen LogP contribution is -2.21. The number of hydrogen-bond donors (Lipinski definition) is 1. The van der Waals surface area contributed by atoms with Gasteiger partial charge in [0.15, 0.2) is 6.61 Å². The summed E-state index contributed by atoms with van der Waals surface area (Å²) in [5.74, 6) is 0.435. The summed E-state index contributed by atoms with van der Waals surface area (Å²) in [4.78, 5) is 19.2. The molecule has 0 atom stereocenters. The molecule has 0 aliphatic heterocycles. The van der Waals surface area contributed by atoms with Crippen LogP contribution in [0.5, 0.6) is 5.75 Å². The number of hydrogen-bond acceptors (Lipinski definition) is 4. The summed E-state index contributed by atoms with van der Waals surface area (Å²) in [7, 11) is 0. The molecule has 0 aliphatic carbocycles. The highest BCUT2D eigenvalue weighted by molar-refractivity contribution is 6.29. The van der Waals surface area contributed by atoms with Crippen LogP contribution in [0.2, 0.25) is 5.15 Å². The van der Waals surface area contributed by atoms with Crippen LogP contribution < -0.4 is 10.1 Å². The second kappa shape index (κ2) is 5.97. The van der Waals surface area contributed by atoms with Crippen LogP contribution in [0.3, 0.4) is 0 Å². The Hall–Kier alpha value is -2.14. The second-order valence-electron chi connectivity index (χ2n) is 3.35. The van der Waals surface area contributed by atoms with E-state index in [1.54, 1.807) is 12.1 Å². The van der Waals surface area contributed by atoms with Crippen molar-refractivity contribution >= 4 is 23.5 Å². The summed E-state index contributed by atoms with van der Waals surface area (Å²) >= 11 is 5.67. The van der Waals surface area contributed by atoms with Gasteiger partial charge < -0.3 is 4.74 Å². The van der Waals surface area contributed by atoms with E-state index < -0.39 is 0 Å². The molecule has 2 aromatic rings. The van der Waals surface area contributed by atoms with Crippen molar-refractivity contribution in [1.82, 2.24) is 9.97 Å². The minimum absolute atomic E-state index is 0.111. The number of nitrogens with zero attached hydrogens (tertiary/aromatic N) is 2. The number of carbonyl (C=O) groups excluding carboxylic acids is 1. The zero-order valence-electron chi connectivity index (χ0n) is 9.34. The van der Waals surface area contributed by atoms with E-state index in [0.717, 1.165) is 0 Å². The first-order valence-electron chi connectivity index (χ1n) is 5.20. The molecule has 5 nitrogen and oxygen atoms in total. The summed E-state index contributed by atoms with van der Waals surface area (Å²) in [6.45, 7) is -0.111. The first kappa shape index (κ1) is 12.3. The van der Waals surface area contributed by atoms with E-state index in [4.69, 9.17) is 16.3 Å². The van der Waals surface area contributed by atoms with Gasteiger partial charge in [-0.15, -0.1) is 0 Å². The normalized spacial score (nSPS) is 9.83. The molecule has 18 heavy (non-hydrogen) atoms. The van der Waals surface area contributed by atoms with E-state index in [1.807, 2.05) is 18.2 Å². The van der Waals surface area contributed by atoms with Gasteiger partial charge in [-0.1, -0.05) is 29.8 Å². The number of nitrogens with one attached hydrogen (secondary N) is 1. The van der Waals surface area contributed by atoms with Gasteiger partial charge in [0.1, 0.15) is 10.9 Å². The third kappa shape index (κ3) is 3.71. The van der Waals surface area contributed by atoms with Gasteiger partial charge in [-0.05, 0) is 18.2 Å². The molecule has 6 heteroatoms. The summed E-state index contributed by atoms with van der Waals surface area (Å²) in [5, 5.41) is 2.75. The topological polar surface area (TPSA) is 64.1 Å². The smallest absolute Gasteiger partial charge is 0.264 e. The maximum atomic E-state index is 11.5. The summed E-state index contributed by atoms with van der Waals surface area (Å²) < 4.78 is 5.27. The SMILES string of the molecule is O=C(COc1ccccc1)Nc1nccc(Cl)n1. The van der Waals surface area contributed by atoms with Gasteiger partial charge in [0.25, 0.3) is 5.91 Å². The van der Waals surface area contributed by atoms with Crippen molar-refractivity contribution in [2.75, 3.05) is 11.9 Å². The van der Waals surface area contributed by atoms with E-state index in [2.05, 4.69) is 15.3 Å². The highest BCUT2D eigenvalue weighted by Gasteiger charge is 2.05. The van der Waals surface area contributed by atoms with Crippen molar-refractivity contribution in [3.8, 4) is 5.75 Å². The molecule has 0 aliphatic rings. The number of carbonyl (C=O) groups is 1. The maximum Gasteiger partial charge on any atom is 0.264 e. The van der Waals surface area contributed by atoms with Crippen molar-refractivity contribution in [3.05, 3.63) is 47.7 Å². The van der Waals surface area contributed by atoms with Crippen LogP contribution in [0, 0.1) is 0 Å². The first-order valence-corrected chi connectivity index (χ1v) is 5.58. The fourth-order valence-corrected chi connectivity index (χ4v) is 1.36. The Morgan fingerprint density at radius 2 is 2.06 bits per heavy atom. The summed E-state index contributed by atoms with van der Waals surface area (Å²) in [6, 6.07) is 10.6. The average Bonchev–Trinajstić information content (AvgIpc) is 2.38. The number of aromatic nitrogens is 2. The number of anilines is 1. The van der Waals surface area contributed by atoms with Gasteiger partial charge in [-0.25, -0.2) is 9.97 Å². The number of amides is 1. The Balaban J connectivity index is 1.86. The summed E-state index contributed by atoms with van der Waals surface area (Å²) in [6.07, 6.45) is 1.46. The predicted octanol–water partition coefficient (Wildman–Crippen LogP) is 2.15. The van der Waals surface area contributed by atoms with Crippen molar-refractivity contribution in [2.45, 2.75) is 0 Å². The van der Waals surface area contributed by atoms with Gasteiger partial charge in [-0.2, -0.15) is 0 Å². The largest absolute Gasteiger partial charge is 0.484 e. The van der Waals surface area contributed by atoms with Crippen LogP contribution in [0.1, 0.15) is 0 Å². The number of benzene rings is 1. The van der Waals surface area contributed by atoms with Crippen LogP contribution in [0.25, 0.3) is 0 Å². The molecule has 0 fully saturated rings. The molecule has 1 N–H and O–H groups in total. The van der Waals surface area contributed by atoms with Gasteiger partial charge in [0.05, 0.1) is 0 Å². The first-order chi connectivity index (χ1) is 8.74. The van der Waals surface area contributed by atoms with Crippen LogP contribution in [0.4, 0.5) is 5.95 Å². The van der Waals surface area contributed by atoms with E-state index >= 15 is 0 Å². The van der Waals surface area contributed by atoms with Crippen molar-refractivity contribution in [3.63, 3.8) is 0 Å². The van der Waals surface area contributed by atoms with E-state index in [0.29, 0.717) is 5.75 Å². The van der Waals surface area contributed by atoms with E-state index in [9.17, 15) is 4.79 Å². The maximum absolute atomic E-state index is 11.5. The van der Waals surface area contributed by atoms with E-state index in [-0.39, 0.29) is 23.6 Å². The molecule has 0 radical (unpaired) electrons. The molecule has 2 rings (SSSR count). The lowest BCUT2D eigenvalue weighted by atomic mass is 10.3. The molecular weight excluding hydrogens is 254 g/mol. The van der Waals surface area contributed by atoms with Crippen LogP contribution >= 0.6 is 11.6 Å². The van der Waals surface area contributed by atoms with Crippen LogP contribution in [-0.2, 0) is 4.79 Å². The predicted molar refractivity (Wildman–Crippen MR) is 67.6 cm³/mol. The van der Waals surface area contributed by atoms with Gasteiger partial charge in [0.2, 0.25) is 5.95 Å². The van der Waals surface area contributed by atoms with Gasteiger partial charge >= 0.3 is 0 Å². The Labute approximate surface area is 109 Å². The Bertz CT molecular complexity index is 534. The van der Waals surface area contributed by atoms with Crippen molar-refractivity contribution in [1.29, 1.82) is 0 Å². The molecule has 1 heterocycles. The van der Waals surface area contributed by atoms with Gasteiger partial charge in [-0.3, -0.25) is 10.1 Å². The lowest BCUT2D eigenvalue weighted by Gasteiger charge is -2.06. The molecular formula is C12H10ClN3O2. The minimum Gasteiger partial charge on any atom is -0.484 e. The molecule has 0 saturated carbocycles.